The molecule has 0 aromatic heterocycles. The highest BCUT2D eigenvalue weighted by atomic mass is 32.2. The molecule has 94 valence electrons. The molecule has 1 unspecified atom stereocenters. The van der Waals surface area contributed by atoms with Gasteiger partial charge in [-0.2, -0.15) is 4.31 Å². The van der Waals surface area contributed by atoms with Gasteiger partial charge < -0.3 is 15.8 Å². The monoisotopic (exact) mass is 251 g/mol. The Hall–Kier alpha value is -0.700. The summed E-state index contributed by atoms with van der Waals surface area (Å²) in [5.41, 5.74) is 5.17. The van der Waals surface area contributed by atoms with Crippen LogP contribution in [0, 0.1) is 0 Å². The highest BCUT2D eigenvalue weighted by molar-refractivity contribution is 7.89. The van der Waals surface area contributed by atoms with Crippen molar-refractivity contribution >= 4 is 15.9 Å². The minimum absolute atomic E-state index is 0.109. The number of carbonyl (C=O) groups excluding carboxylic acids is 1. The van der Waals surface area contributed by atoms with Crippen LogP contribution in [-0.2, 0) is 19.6 Å². The van der Waals surface area contributed by atoms with Crippen LogP contribution >= 0.6 is 0 Å². The standard InChI is InChI=1S/C8H17N3O4S/c1-15-4-5-16(13,14)11-3-2-10-6-7(11)8(9)12/h7,10H,2-6H2,1H3,(H2,9,12). The van der Waals surface area contributed by atoms with Gasteiger partial charge in [0.15, 0.2) is 0 Å². The van der Waals surface area contributed by atoms with Gasteiger partial charge >= 0.3 is 0 Å². The molecule has 16 heavy (non-hydrogen) atoms. The molecule has 0 bridgehead atoms. The molecule has 1 aliphatic heterocycles. The lowest BCUT2D eigenvalue weighted by Gasteiger charge is -2.32. The summed E-state index contributed by atoms with van der Waals surface area (Å²) in [7, 11) is -2.04. The molecule has 0 radical (unpaired) electrons. The second-order valence-corrected chi connectivity index (χ2v) is 5.58. The molecule has 1 rings (SSSR count). The Balaban J connectivity index is 2.78. The first-order valence-corrected chi connectivity index (χ1v) is 6.58. The minimum Gasteiger partial charge on any atom is -0.384 e. The van der Waals surface area contributed by atoms with Gasteiger partial charge in [0.25, 0.3) is 0 Å². The largest absolute Gasteiger partial charge is 0.384 e. The van der Waals surface area contributed by atoms with Crippen molar-refractivity contribution in [3.8, 4) is 0 Å². The van der Waals surface area contributed by atoms with Crippen LogP contribution in [0.25, 0.3) is 0 Å². The molecule has 0 aromatic carbocycles. The Morgan fingerprint density at radius 2 is 2.31 bits per heavy atom. The zero-order valence-electron chi connectivity index (χ0n) is 9.18. The van der Waals surface area contributed by atoms with E-state index in [0.717, 1.165) is 4.31 Å². The third kappa shape index (κ3) is 3.14. The van der Waals surface area contributed by atoms with Crippen molar-refractivity contribution in [2.24, 2.45) is 5.73 Å². The lowest BCUT2D eigenvalue weighted by atomic mass is 10.2. The number of piperazine rings is 1. The number of hydrogen-bond donors (Lipinski definition) is 2. The second kappa shape index (κ2) is 5.58. The van der Waals surface area contributed by atoms with Gasteiger partial charge in [-0.05, 0) is 0 Å². The van der Waals surface area contributed by atoms with Crippen molar-refractivity contribution in [1.82, 2.24) is 9.62 Å². The van der Waals surface area contributed by atoms with Crippen LogP contribution in [0.3, 0.4) is 0 Å². The zero-order valence-corrected chi connectivity index (χ0v) is 10.00. The average Bonchev–Trinajstić information content (AvgIpc) is 2.26. The predicted molar refractivity (Wildman–Crippen MR) is 58.2 cm³/mol. The van der Waals surface area contributed by atoms with Crippen molar-refractivity contribution in [3.05, 3.63) is 0 Å². The van der Waals surface area contributed by atoms with Crippen LogP contribution in [0.2, 0.25) is 0 Å². The first kappa shape index (κ1) is 13.4. The number of methoxy groups -OCH3 is 1. The van der Waals surface area contributed by atoms with Crippen LogP contribution in [0.15, 0.2) is 0 Å². The molecule has 8 heteroatoms. The van der Waals surface area contributed by atoms with E-state index in [1.165, 1.54) is 7.11 Å². The fourth-order valence-electron chi connectivity index (χ4n) is 1.57. The molecule has 0 aliphatic carbocycles. The second-order valence-electron chi connectivity index (χ2n) is 3.54. The molecule has 1 saturated heterocycles. The number of primary amides is 1. The van der Waals surface area contributed by atoms with E-state index in [1.807, 2.05) is 0 Å². The molecule has 7 nitrogen and oxygen atoms in total. The number of hydrogen-bond acceptors (Lipinski definition) is 5. The Bertz CT molecular complexity index is 343. The van der Waals surface area contributed by atoms with Crippen LogP contribution in [0.4, 0.5) is 0 Å². The molecule has 1 heterocycles. The van der Waals surface area contributed by atoms with Gasteiger partial charge in [0, 0.05) is 26.7 Å². The molecule has 0 saturated carbocycles. The number of nitrogens with one attached hydrogen (secondary N) is 1. The number of nitrogens with zero attached hydrogens (tertiary/aromatic N) is 1. The fourth-order valence-corrected chi connectivity index (χ4v) is 3.11. The average molecular weight is 251 g/mol. The van der Waals surface area contributed by atoms with E-state index in [-0.39, 0.29) is 25.4 Å². The molecule has 1 atom stereocenters. The number of carbonyl (C=O) groups is 1. The number of sulfonamides is 1. The van der Waals surface area contributed by atoms with Crippen LogP contribution in [0.1, 0.15) is 0 Å². The first-order valence-electron chi connectivity index (χ1n) is 4.97. The minimum atomic E-state index is -3.47. The van der Waals surface area contributed by atoms with Gasteiger partial charge in [-0.15, -0.1) is 0 Å². The summed E-state index contributed by atoms with van der Waals surface area (Å²) in [5.74, 6) is -0.763. The van der Waals surface area contributed by atoms with E-state index in [9.17, 15) is 13.2 Å². The van der Waals surface area contributed by atoms with Crippen molar-refractivity contribution < 1.29 is 17.9 Å². The van der Waals surface area contributed by atoms with E-state index in [1.54, 1.807) is 0 Å². The van der Waals surface area contributed by atoms with E-state index in [4.69, 9.17) is 10.5 Å². The first-order chi connectivity index (χ1) is 7.49. The van der Waals surface area contributed by atoms with Crippen molar-refractivity contribution in [1.29, 1.82) is 0 Å². The number of nitrogens with two attached hydrogens (primary N) is 1. The molecule has 1 amide bonds. The molecule has 0 spiro atoms. The third-order valence-corrected chi connectivity index (χ3v) is 4.26. The van der Waals surface area contributed by atoms with Crippen LogP contribution < -0.4 is 11.1 Å². The van der Waals surface area contributed by atoms with Gasteiger partial charge in [0.2, 0.25) is 15.9 Å². The highest BCUT2D eigenvalue weighted by Gasteiger charge is 2.35. The van der Waals surface area contributed by atoms with Gasteiger partial charge in [0.1, 0.15) is 6.04 Å². The van der Waals surface area contributed by atoms with E-state index < -0.39 is 22.0 Å². The van der Waals surface area contributed by atoms with Gasteiger partial charge in [-0.3, -0.25) is 4.79 Å². The molecular formula is C8H17N3O4S. The lowest BCUT2D eigenvalue weighted by molar-refractivity contribution is -0.122. The summed E-state index contributed by atoms with van der Waals surface area (Å²) in [6.07, 6.45) is 0. The predicted octanol–water partition coefficient (Wildman–Crippen LogP) is -2.28. The lowest BCUT2D eigenvalue weighted by Crippen LogP contribution is -2.59. The maximum absolute atomic E-state index is 11.9. The van der Waals surface area contributed by atoms with E-state index in [0.29, 0.717) is 6.54 Å². The Labute approximate surface area is 95.0 Å². The smallest absolute Gasteiger partial charge is 0.237 e. The Morgan fingerprint density at radius 3 is 2.88 bits per heavy atom. The summed E-state index contributed by atoms with van der Waals surface area (Å²) in [4.78, 5) is 11.1. The maximum Gasteiger partial charge on any atom is 0.237 e. The fraction of sp³-hybridized carbons (Fsp3) is 0.875. The van der Waals surface area contributed by atoms with E-state index in [2.05, 4.69) is 5.32 Å². The Morgan fingerprint density at radius 1 is 1.62 bits per heavy atom. The summed E-state index contributed by atoms with van der Waals surface area (Å²) in [6, 6.07) is -0.796. The van der Waals surface area contributed by atoms with Gasteiger partial charge in [0.05, 0.1) is 12.4 Å². The summed E-state index contributed by atoms with van der Waals surface area (Å²) < 4.78 is 29.6. The summed E-state index contributed by atoms with van der Waals surface area (Å²) >= 11 is 0. The molecule has 0 aromatic rings. The Kier molecular flexibility index (Phi) is 4.66. The number of amides is 1. The van der Waals surface area contributed by atoms with Crippen LogP contribution in [0.5, 0.6) is 0 Å². The molecular weight excluding hydrogens is 234 g/mol. The zero-order chi connectivity index (χ0) is 12.2. The number of rotatable bonds is 5. The molecule has 1 fully saturated rings. The van der Waals surface area contributed by atoms with Gasteiger partial charge in [-0.1, -0.05) is 0 Å². The summed E-state index contributed by atoms with van der Waals surface area (Å²) in [5, 5.41) is 2.94. The van der Waals surface area contributed by atoms with Crippen molar-refractivity contribution in [2.45, 2.75) is 6.04 Å². The maximum atomic E-state index is 11.9. The topological polar surface area (TPSA) is 102 Å². The SMILES string of the molecule is COCCS(=O)(=O)N1CCNCC1C(N)=O. The molecule has 1 aliphatic rings. The van der Waals surface area contributed by atoms with Gasteiger partial charge in [-0.25, -0.2) is 8.42 Å². The highest BCUT2D eigenvalue weighted by Crippen LogP contribution is 2.10. The van der Waals surface area contributed by atoms with E-state index >= 15 is 0 Å². The number of ether oxygens (including phenoxy) is 1. The third-order valence-electron chi connectivity index (χ3n) is 2.43. The van der Waals surface area contributed by atoms with Crippen molar-refractivity contribution in [2.75, 3.05) is 39.1 Å². The van der Waals surface area contributed by atoms with Crippen LogP contribution in [-0.4, -0.2) is 63.8 Å². The molecule has 3 N–H and O–H groups in total. The quantitative estimate of drug-likeness (QED) is 0.573. The van der Waals surface area contributed by atoms with Crippen molar-refractivity contribution in [3.63, 3.8) is 0 Å². The summed E-state index contributed by atoms with van der Waals surface area (Å²) in [6.45, 7) is 1.16. The normalized spacial score (nSPS) is 23.2.